The summed E-state index contributed by atoms with van der Waals surface area (Å²) in [5.74, 6) is 1.04. The molecule has 0 aromatic heterocycles. The number of nitrogens with one attached hydrogen (secondary N) is 1. The second-order valence-electron chi connectivity index (χ2n) is 20.5. The summed E-state index contributed by atoms with van der Waals surface area (Å²) in [4.78, 5) is 2.13. The molecule has 0 atom stereocenters. The van der Waals surface area contributed by atoms with Gasteiger partial charge in [-0.1, -0.05) is 12.1 Å². The number of benzene rings is 1. The van der Waals surface area contributed by atoms with Crippen molar-refractivity contribution in [1.82, 2.24) is 10.2 Å². The highest BCUT2D eigenvalue weighted by Gasteiger charge is 2.62. The van der Waals surface area contributed by atoms with Crippen molar-refractivity contribution in [1.29, 1.82) is 0 Å². The number of ether oxygens (including phenoxy) is 1. The number of rotatable bonds is 32. The Morgan fingerprint density at radius 1 is 0.392 bits per heavy atom. The molecule has 1 N–H and O–H groups in total. The first kappa shape index (κ1) is 74.8. The summed E-state index contributed by atoms with van der Waals surface area (Å²) < 4.78 is 5.78. The van der Waals surface area contributed by atoms with Crippen LogP contribution >= 0.6 is 0 Å². The van der Waals surface area contributed by atoms with E-state index in [0.717, 1.165) is 39.1 Å². The molecule has 0 unspecified atom stereocenters. The van der Waals surface area contributed by atoms with Gasteiger partial charge in [0.25, 0.3) is 0 Å². The van der Waals surface area contributed by atoms with Crippen molar-refractivity contribution in [3.8, 4) is 5.75 Å². The van der Waals surface area contributed by atoms with E-state index in [0.29, 0.717) is 0 Å². The second-order valence-corrected chi connectivity index (χ2v) is 20.5. The highest BCUT2D eigenvalue weighted by Crippen LogP contribution is 2.27. The van der Waals surface area contributed by atoms with Crippen LogP contribution < -0.4 is 10.1 Å². The van der Waals surface area contributed by atoms with Gasteiger partial charge in [0.15, 0.2) is 0 Å². The van der Waals surface area contributed by atoms with Crippen molar-refractivity contribution in [2.24, 2.45) is 0 Å². The van der Waals surface area contributed by atoms with Gasteiger partial charge in [-0.05, 0) is 25.7 Å². The van der Waals surface area contributed by atoms with E-state index in [4.69, 9.17) is 237 Å². The predicted octanol–water partition coefficient (Wildman–Crippen LogP) is -21.2. The molecule has 1 aliphatic rings. The molecule has 1 aliphatic heterocycles. The minimum absolute atomic E-state index is 0.753. The summed E-state index contributed by atoms with van der Waals surface area (Å²) >= 11 is 0. The van der Waals surface area contributed by atoms with Gasteiger partial charge in [0.05, 0.1) is 0 Å². The standard InChI is InChI=1S/C12H18N2O.B59/c1-14(2)6-7-15-12-5-3-4-10-8-13-9-11(10)12;1-31-46(30)54(47(32(2)3)33(4)5)58(55(48(34(6)7)35(8)9)49(36(10)11)37(12)13)59(56(50(38(14)15)39(16)17)51(40(18)19)41(20)21)57(52(42(22)23)43(24)25)53(44(26)27)45(28)29/h3-5,13H,6-9H2,1-2H3;. The van der Waals surface area contributed by atoms with Crippen molar-refractivity contribution in [2.75, 3.05) is 27.2 Å². The molecule has 62 heteroatoms. The third kappa shape index (κ3) is 21.1. The van der Waals surface area contributed by atoms with Crippen molar-refractivity contribution in [2.45, 2.75) is 13.1 Å². The molecule has 3 nitrogen and oxygen atoms in total. The number of nitrogens with zero attached hydrogens (tertiary/aromatic N) is 1. The van der Waals surface area contributed by atoms with Crippen LogP contribution in [0.25, 0.3) is 0 Å². The zero-order valence-electron chi connectivity index (χ0n) is 43.5. The third-order valence-electron chi connectivity index (χ3n) is 14.9. The Kier molecular flexibility index (Phi) is 36.2. The van der Waals surface area contributed by atoms with Crippen molar-refractivity contribution < 1.29 is 4.74 Å². The fraction of sp³-hybridized carbons (Fsp3) is 0.500. The van der Waals surface area contributed by atoms with Gasteiger partial charge < -0.3 is 15.0 Å². The molecular weight excluding hydrogens is 826 g/mol. The van der Waals surface area contributed by atoms with Gasteiger partial charge in [-0.15, -0.1) is 0 Å². The molecule has 1 heterocycles. The molecular formula is C12H18B59N2O. The molecule has 0 saturated heterocycles. The van der Waals surface area contributed by atoms with E-state index >= 15 is 0 Å². The lowest BCUT2D eigenvalue weighted by molar-refractivity contribution is 0.259. The second kappa shape index (κ2) is 35.8. The predicted molar refractivity (Wildman–Crippen MR) is 401 cm³/mol. The van der Waals surface area contributed by atoms with Crippen LogP contribution in [0.4, 0.5) is 0 Å². The van der Waals surface area contributed by atoms with E-state index in [2.05, 4.69) is 42.5 Å². The van der Waals surface area contributed by atoms with E-state index < -0.39 is 179 Å². The minimum atomic E-state index is -1.47. The Morgan fingerprint density at radius 3 is 0.905 bits per heavy atom. The van der Waals surface area contributed by atoms with Crippen LogP contribution in [0, 0.1) is 0 Å². The summed E-state index contributed by atoms with van der Waals surface area (Å²) in [5, 5.41) is 3.34. The number of likely N-dealkylation sites (N-methyl/N-ethyl adjacent to an activating group) is 1. The first-order valence-electron chi connectivity index (χ1n) is 24.7. The van der Waals surface area contributed by atoms with Crippen LogP contribution in [0.3, 0.4) is 0 Å². The average molecular weight is 844 g/mol. The van der Waals surface area contributed by atoms with Gasteiger partial charge in [0.2, 0.25) is 0 Å². The molecule has 74 heavy (non-hydrogen) atoms. The van der Waals surface area contributed by atoms with Gasteiger partial charge in [-0.2, -0.15) is 0 Å². The van der Waals surface area contributed by atoms with Crippen molar-refractivity contribution in [3.05, 3.63) is 29.3 Å². The third-order valence-corrected chi connectivity index (χ3v) is 14.9. The quantitative estimate of drug-likeness (QED) is 0.0731. The van der Waals surface area contributed by atoms with E-state index in [1.807, 2.05) is 0 Å². The maximum Gasteiger partial charge on any atom is 0.124 e. The fourth-order valence-electron chi connectivity index (χ4n) is 11.9. The fourth-order valence-corrected chi connectivity index (χ4v) is 11.9. The van der Waals surface area contributed by atoms with Crippen LogP contribution in [0.2, 0.25) is 0 Å². The van der Waals surface area contributed by atoms with Gasteiger partial charge >= 0.3 is 0 Å². The van der Waals surface area contributed by atoms with Crippen LogP contribution in [0.1, 0.15) is 11.1 Å². The van der Waals surface area contributed by atoms with Gasteiger partial charge in [0, 0.05) is 443 Å². The van der Waals surface area contributed by atoms with E-state index in [1.54, 1.807) is 0 Å². The largest absolute Gasteiger partial charge is 0.492 e. The summed E-state index contributed by atoms with van der Waals surface area (Å²) in [6.45, 7) is 3.62. The smallest absolute Gasteiger partial charge is 0.124 e. The Labute approximate surface area is 504 Å². The first-order chi connectivity index (χ1) is 34.1. The molecule has 0 saturated carbocycles. The Morgan fingerprint density at radius 2 is 0.649 bits per heavy atom. The molecule has 259 valence electrons. The summed E-state index contributed by atoms with van der Waals surface area (Å²) in [7, 11) is 202. The van der Waals surface area contributed by atoms with Gasteiger partial charge in [-0.3, -0.25) is 0 Å². The maximum absolute atomic E-state index is 7.01. The van der Waals surface area contributed by atoms with Crippen LogP contribution in [0.5, 0.6) is 5.75 Å². The lowest BCUT2D eigenvalue weighted by Crippen LogP contribution is -2.97. The lowest BCUT2D eigenvalue weighted by atomic mass is 8.23. The molecule has 61 radical (unpaired) electrons. The van der Waals surface area contributed by atoms with Gasteiger partial charge in [-0.25, -0.2) is 0 Å². The summed E-state index contributed by atoms with van der Waals surface area (Å²) in [5.41, 5.74) is 2.70. The lowest BCUT2D eigenvalue weighted by Gasteiger charge is -2.58. The first-order valence-corrected chi connectivity index (χ1v) is 24.7. The zero-order chi connectivity index (χ0) is 57.5. The molecule has 0 fully saturated rings. The molecule has 0 amide bonds. The number of fused-ring (bicyclic) bond motifs is 1. The van der Waals surface area contributed by atoms with Crippen molar-refractivity contribution >= 4 is 418 Å². The molecule has 0 spiro atoms. The molecule has 1 aromatic carbocycles. The Hall–Kier alpha value is 2.77. The highest BCUT2D eigenvalue weighted by atomic mass is 16.5. The highest BCUT2D eigenvalue weighted by molar-refractivity contribution is 8.37. The van der Waals surface area contributed by atoms with Crippen molar-refractivity contribution in [3.63, 3.8) is 0 Å². The van der Waals surface area contributed by atoms with E-state index in [-0.39, 0.29) is 0 Å². The molecule has 2 rings (SSSR count). The molecule has 1 aromatic rings. The summed E-state index contributed by atoms with van der Waals surface area (Å²) in [6.07, 6.45) is -39.0. The molecule has 0 bridgehead atoms. The normalized spacial score (nSPS) is 10.6. The van der Waals surface area contributed by atoms with E-state index in [1.165, 1.54) is 11.1 Å². The topological polar surface area (TPSA) is 24.5 Å². The Bertz CT molecular complexity index is 1500. The SMILES string of the molecule is CN(C)CCOc1cccc2c1CNC2.[B][B]B([B])B(B(B([B])[B])B([B])[B])B(B(B(B([B])[B])B([B])[B])B(B([B])[B])B([B])[B])B(B(B(B([B])[B])B([B])[B])B(B([B])[B])B([B])[B])B(B(B([B])[B])B([B])[B])B(B([B])[B])B([B])[B]. The van der Waals surface area contributed by atoms with Crippen LogP contribution in [0.15, 0.2) is 18.2 Å². The molecule has 0 aliphatic carbocycles. The van der Waals surface area contributed by atoms with Crippen LogP contribution in [-0.2, 0) is 13.1 Å². The van der Waals surface area contributed by atoms with E-state index in [9.17, 15) is 0 Å². The monoisotopic (exact) mass is 856 g/mol. The number of hydrogen-bond acceptors (Lipinski definition) is 3. The zero-order valence-corrected chi connectivity index (χ0v) is 43.5. The average Bonchev–Trinajstić information content (AvgIpc) is 3.72. The minimum Gasteiger partial charge on any atom is -0.492 e. The Balaban J connectivity index is 0.00000153. The summed E-state index contributed by atoms with van der Waals surface area (Å²) in [6, 6.07) is 6.28. The van der Waals surface area contributed by atoms with Crippen LogP contribution in [-0.4, -0.2) is 450 Å². The maximum atomic E-state index is 7.01. The van der Waals surface area contributed by atoms with Gasteiger partial charge in [0.1, 0.15) is 12.4 Å². The number of hydrogen-bond donors (Lipinski definition) is 1.